The molecule has 11 heavy (non-hydrogen) atoms. The highest BCUT2D eigenvalue weighted by Crippen LogP contribution is 2.12. The molecule has 0 fully saturated rings. The number of benzene rings is 1. The fourth-order valence-corrected chi connectivity index (χ4v) is 1.16. The Morgan fingerprint density at radius 3 is 2.36 bits per heavy atom. The molecule has 0 radical (unpaired) electrons. The van der Waals surface area contributed by atoms with Crippen molar-refractivity contribution in [3.63, 3.8) is 0 Å². The summed E-state index contributed by atoms with van der Waals surface area (Å²) in [5.41, 5.74) is 6.32. The Kier molecular flexibility index (Phi) is 3.26. The van der Waals surface area contributed by atoms with Gasteiger partial charge in [-0.2, -0.15) is 0 Å². The summed E-state index contributed by atoms with van der Waals surface area (Å²) in [6, 6.07) is 7.08. The summed E-state index contributed by atoms with van der Waals surface area (Å²) >= 11 is 2.20. The van der Waals surface area contributed by atoms with Gasteiger partial charge in [0.05, 0.1) is 6.04 Å². The van der Waals surface area contributed by atoms with Gasteiger partial charge < -0.3 is 5.73 Å². The zero-order valence-corrected chi connectivity index (χ0v) is 8.08. The van der Waals surface area contributed by atoms with E-state index in [0.717, 1.165) is 9.13 Å². The largest absolute Gasteiger partial charge is 0.322 e. The van der Waals surface area contributed by atoms with Crippen molar-refractivity contribution in [1.29, 1.82) is 0 Å². The van der Waals surface area contributed by atoms with E-state index in [0.29, 0.717) is 0 Å². The van der Waals surface area contributed by atoms with Gasteiger partial charge in [-0.05, 0) is 40.3 Å². The molecular formula is C8H9FIN. The molecular weight excluding hydrogens is 256 g/mol. The summed E-state index contributed by atoms with van der Waals surface area (Å²) in [6.07, 6.45) is 0. The molecule has 0 saturated carbocycles. The number of alkyl halides is 1. The van der Waals surface area contributed by atoms with Crippen LogP contribution >= 0.6 is 22.6 Å². The summed E-state index contributed by atoms with van der Waals surface area (Å²) in [5, 5.41) is 0. The Labute approximate surface area is 78.9 Å². The zero-order valence-electron chi connectivity index (χ0n) is 5.93. The first-order chi connectivity index (χ1) is 5.24. The Morgan fingerprint density at radius 2 is 1.91 bits per heavy atom. The van der Waals surface area contributed by atoms with E-state index in [1.54, 1.807) is 0 Å². The first-order valence-electron chi connectivity index (χ1n) is 3.31. The fraction of sp³-hybridized carbons (Fsp3) is 0.250. The van der Waals surface area contributed by atoms with Crippen molar-refractivity contribution in [2.24, 2.45) is 5.73 Å². The molecule has 60 valence electrons. The van der Waals surface area contributed by atoms with Gasteiger partial charge in [0.2, 0.25) is 0 Å². The third kappa shape index (κ3) is 2.41. The van der Waals surface area contributed by atoms with Crippen LogP contribution in [0.5, 0.6) is 0 Å². The van der Waals surface area contributed by atoms with Gasteiger partial charge in [0.15, 0.2) is 0 Å². The van der Waals surface area contributed by atoms with Gasteiger partial charge in [-0.15, -0.1) is 0 Å². The molecule has 0 amide bonds. The lowest BCUT2D eigenvalue weighted by Gasteiger charge is -2.05. The minimum absolute atomic E-state index is 0.466. The average molecular weight is 265 g/mol. The van der Waals surface area contributed by atoms with Crippen molar-refractivity contribution in [1.82, 2.24) is 0 Å². The Bertz CT molecular complexity index is 222. The van der Waals surface area contributed by atoms with Crippen LogP contribution in [-0.4, -0.2) is 6.67 Å². The number of hydrogen-bond acceptors (Lipinski definition) is 1. The van der Waals surface area contributed by atoms with E-state index in [9.17, 15) is 4.39 Å². The van der Waals surface area contributed by atoms with Gasteiger partial charge >= 0.3 is 0 Å². The smallest absolute Gasteiger partial charge is 0.109 e. The second-order valence-corrected chi connectivity index (χ2v) is 3.56. The van der Waals surface area contributed by atoms with Gasteiger partial charge in [-0.25, -0.2) is 4.39 Å². The number of rotatable bonds is 2. The molecule has 0 aromatic heterocycles. The van der Waals surface area contributed by atoms with E-state index in [4.69, 9.17) is 5.73 Å². The van der Waals surface area contributed by atoms with Crippen LogP contribution in [0.4, 0.5) is 4.39 Å². The maximum absolute atomic E-state index is 12.0. The lowest BCUT2D eigenvalue weighted by atomic mass is 10.1. The van der Waals surface area contributed by atoms with Crippen LogP contribution in [0.25, 0.3) is 0 Å². The average Bonchev–Trinajstić information content (AvgIpc) is 2.05. The Hall–Kier alpha value is -0.160. The standard InChI is InChI=1S/C8H9FIN/c9-5-8(11)6-1-3-7(10)4-2-6/h1-4,8H,5,11H2/t8-/m1/s1. The molecule has 1 aromatic carbocycles. The maximum Gasteiger partial charge on any atom is 0.109 e. The van der Waals surface area contributed by atoms with Crippen LogP contribution in [0.3, 0.4) is 0 Å². The quantitative estimate of drug-likeness (QED) is 0.815. The number of halogens is 2. The summed E-state index contributed by atoms with van der Waals surface area (Å²) in [4.78, 5) is 0. The molecule has 0 bridgehead atoms. The summed E-state index contributed by atoms with van der Waals surface area (Å²) < 4.78 is 13.2. The van der Waals surface area contributed by atoms with E-state index in [1.807, 2.05) is 24.3 Å². The van der Waals surface area contributed by atoms with Gasteiger partial charge in [-0.1, -0.05) is 12.1 Å². The number of hydrogen-bond donors (Lipinski definition) is 1. The maximum atomic E-state index is 12.0. The zero-order chi connectivity index (χ0) is 8.27. The van der Waals surface area contributed by atoms with E-state index < -0.39 is 12.7 Å². The molecule has 0 aliphatic heterocycles. The van der Waals surface area contributed by atoms with Gasteiger partial charge in [-0.3, -0.25) is 0 Å². The molecule has 1 rings (SSSR count). The van der Waals surface area contributed by atoms with Gasteiger partial charge in [0.1, 0.15) is 6.67 Å². The summed E-state index contributed by atoms with van der Waals surface area (Å²) in [7, 11) is 0. The third-order valence-electron chi connectivity index (χ3n) is 1.46. The van der Waals surface area contributed by atoms with Gasteiger partial charge in [0.25, 0.3) is 0 Å². The minimum atomic E-state index is -0.499. The molecule has 0 aliphatic rings. The fourth-order valence-electron chi connectivity index (χ4n) is 0.799. The Morgan fingerprint density at radius 1 is 1.36 bits per heavy atom. The molecule has 1 atom stereocenters. The topological polar surface area (TPSA) is 26.0 Å². The summed E-state index contributed by atoms with van der Waals surface area (Å²) in [6.45, 7) is -0.499. The van der Waals surface area contributed by atoms with E-state index in [2.05, 4.69) is 22.6 Å². The van der Waals surface area contributed by atoms with Crippen molar-refractivity contribution >= 4 is 22.6 Å². The van der Waals surface area contributed by atoms with Crippen LogP contribution in [-0.2, 0) is 0 Å². The highest BCUT2D eigenvalue weighted by atomic mass is 127. The Balaban J connectivity index is 2.81. The normalized spacial score (nSPS) is 13.0. The molecule has 2 N–H and O–H groups in total. The van der Waals surface area contributed by atoms with Crippen molar-refractivity contribution in [2.75, 3.05) is 6.67 Å². The first-order valence-corrected chi connectivity index (χ1v) is 4.39. The van der Waals surface area contributed by atoms with Crippen molar-refractivity contribution in [2.45, 2.75) is 6.04 Å². The molecule has 3 heteroatoms. The first kappa shape index (κ1) is 8.93. The predicted octanol–water partition coefficient (Wildman–Crippen LogP) is 2.26. The molecule has 0 heterocycles. The molecule has 0 unspecified atom stereocenters. The van der Waals surface area contributed by atoms with Crippen LogP contribution in [0.2, 0.25) is 0 Å². The predicted molar refractivity (Wildman–Crippen MR) is 52.1 cm³/mol. The second kappa shape index (κ2) is 4.01. The monoisotopic (exact) mass is 265 g/mol. The molecule has 0 spiro atoms. The van der Waals surface area contributed by atoms with E-state index in [1.165, 1.54) is 0 Å². The molecule has 0 saturated heterocycles. The molecule has 1 aromatic rings. The molecule has 0 aliphatic carbocycles. The minimum Gasteiger partial charge on any atom is -0.322 e. The molecule has 1 nitrogen and oxygen atoms in total. The lowest BCUT2D eigenvalue weighted by Crippen LogP contribution is -2.11. The SMILES string of the molecule is N[C@H](CF)c1ccc(I)cc1. The number of nitrogens with two attached hydrogens (primary N) is 1. The lowest BCUT2D eigenvalue weighted by molar-refractivity contribution is 0.437. The third-order valence-corrected chi connectivity index (χ3v) is 2.18. The van der Waals surface area contributed by atoms with Gasteiger partial charge in [0, 0.05) is 3.57 Å². The highest BCUT2D eigenvalue weighted by molar-refractivity contribution is 14.1. The van der Waals surface area contributed by atoms with Crippen LogP contribution in [0.15, 0.2) is 24.3 Å². The van der Waals surface area contributed by atoms with Crippen LogP contribution in [0, 0.1) is 3.57 Å². The highest BCUT2D eigenvalue weighted by Gasteiger charge is 2.03. The van der Waals surface area contributed by atoms with E-state index >= 15 is 0 Å². The van der Waals surface area contributed by atoms with Crippen molar-refractivity contribution in [3.8, 4) is 0 Å². The van der Waals surface area contributed by atoms with Crippen LogP contribution in [0.1, 0.15) is 11.6 Å². The van der Waals surface area contributed by atoms with Crippen LogP contribution < -0.4 is 5.73 Å². The second-order valence-electron chi connectivity index (χ2n) is 2.31. The van der Waals surface area contributed by atoms with Crippen molar-refractivity contribution in [3.05, 3.63) is 33.4 Å². The van der Waals surface area contributed by atoms with E-state index in [-0.39, 0.29) is 0 Å². The van der Waals surface area contributed by atoms with Crippen molar-refractivity contribution < 1.29 is 4.39 Å². The summed E-state index contributed by atoms with van der Waals surface area (Å²) in [5.74, 6) is 0.